The Kier molecular flexibility index (Phi) is 5.16. The Morgan fingerprint density at radius 2 is 1.82 bits per heavy atom. The maximum Gasteiger partial charge on any atom is 0.328 e. The van der Waals surface area contributed by atoms with Gasteiger partial charge in [0.1, 0.15) is 6.07 Å². The second-order valence-electron chi connectivity index (χ2n) is 4.43. The van der Waals surface area contributed by atoms with E-state index >= 15 is 0 Å². The lowest BCUT2D eigenvalue weighted by atomic mass is 10.1. The van der Waals surface area contributed by atoms with Gasteiger partial charge in [-0.2, -0.15) is 5.26 Å². The summed E-state index contributed by atoms with van der Waals surface area (Å²) in [5.74, 6) is -0.807. The number of nitriles is 1. The summed E-state index contributed by atoms with van der Waals surface area (Å²) in [7, 11) is 0. The van der Waals surface area contributed by atoms with Crippen molar-refractivity contribution in [2.45, 2.75) is 6.42 Å². The zero-order chi connectivity index (χ0) is 15.8. The van der Waals surface area contributed by atoms with Gasteiger partial charge < -0.3 is 5.11 Å². The number of carboxylic acids is 1. The number of hydrogen-bond acceptors (Lipinski definition) is 4. The van der Waals surface area contributed by atoms with Gasteiger partial charge >= 0.3 is 5.97 Å². The van der Waals surface area contributed by atoms with Crippen molar-refractivity contribution < 1.29 is 9.90 Å². The lowest BCUT2D eigenvalue weighted by Crippen LogP contribution is -1.89. The van der Waals surface area contributed by atoms with Gasteiger partial charge in [-0.25, -0.2) is 14.8 Å². The van der Waals surface area contributed by atoms with E-state index < -0.39 is 5.97 Å². The summed E-state index contributed by atoms with van der Waals surface area (Å²) in [5, 5.41) is 17.1. The number of allylic oxidation sites excluding steroid dienone is 3. The summed E-state index contributed by atoms with van der Waals surface area (Å²) in [4.78, 5) is 18.2. The normalized spacial score (nSPS) is 10.9. The second-order valence-corrected chi connectivity index (χ2v) is 4.43. The summed E-state index contributed by atoms with van der Waals surface area (Å²) in [6, 6.07) is 9.77. The number of carboxylic acid groups (broad SMARTS) is 1. The second kappa shape index (κ2) is 7.50. The van der Waals surface area contributed by atoms with Gasteiger partial charge in [0.15, 0.2) is 0 Å². The van der Waals surface area contributed by atoms with E-state index in [9.17, 15) is 4.79 Å². The molecule has 0 bridgehead atoms. The molecule has 0 aliphatic carbocycles. The largest absolute Gasteiger partial charge is 0.478 e. The van der Waals surface area contributed by atoms with Gasteiger partial charge in [-0.05, 0) is 17.5 Å². The third-order valence-corrected chi connectivity index (χ3v) is 2.88. The van der Waals surface area contributed by atoms with Gasteiger partial charge in [-0.1, -0.05) is 42.5 Å². The maximum absolute atomic E-state index is 10.3. The fourth-order valence-corrected chi connectivity index (χ4v) is 1.79. The van der Waals surface area contributed by atoms with Gasteiger partial charge in [-0.3, -0.25) is 0 Å². The molecule has 0 saturated heterocycles. The zero-order valence-corrected chi connectivity index (χ0v) is 11.7. The van der Waals surface area contributed by atoms with Crippen molar-refractivity contribution in [1.82, 2.24) is 9.97 Å². The van der Waals surface area contributed by atoms with E-state index in [1.165, 1.54) is 6.08 Å². The molecule has 0 fully saturated rings. The zero-order valence-electron chi connectivity index (χ0n) is 11.7. The topological polar surface area (TPSA) is 86.9 Å². The van der Waals surface area contributed by atoms with Crippen molar-refractivity contribution in [1.29, 1.82) is 5.26 Å². The minimum Gasteiger partial charge on any atom is -0.478 e. The highest BCUT2D eigenvalue weighted by atomic mass is 16.4. The predicted molar refractivity (Wildman–Crippen MR) is 81.8 cm³/mol. The van der Waals surface area contributed by atoms with E-state index in [1.54, 1.807) is 18.5 Å². The number of benzene rings is 1. The molecule has 0 aliphatic heterocycles. The Morgan fingerprint density at radius 1 is 1.14 bits per heavy atom. The molecule has 5 heteroatoms. The molecule has 1 aromatic carbocycles. The molecule has 0 aliphatic rings. The first-order chi connectivity index (χ1) is 10.7. The molecular weight excluding hydrogens is 278 g/mol. The van der Waals surface area contributed by atoms with E-state index in [4.69, 9.17) is 10.4 Å². The standard InChI is InChI=1S/C17H13N3O2/c18-10-16-19-11-15(12-20-16)14-8-6-13(7-9-14)4-2-1-3-5-17(21)22/h1-3,5-9,11-12H,4H2,(H,21,22)/b2-1+,5-3+. The van der Waals surface area contributed by atoms with Crippen LogP contribution in [0.25, 0.3) is 11.1 Å². The molecule has 108 valence electrons. The summed E-state index contributed by atoms with van der Waals surface area (Å²) >= 11 is 0. The van der Waals surface area contributed by atoms with Crippen LogP contribution in [-0.4, -0.2) is 21.0 Å². The van der Waals surface area contributed by atoms with Crippen LogP contribution >= 0.6 is 0 Å². The smallest absolute Gasteiger partial charge is 0.328 e. The number of aromatic nitrogens is 2. The first-order valence-corrected chi connectivity index (χ1v) is 6.56. The third kappa shape index (κ3) is 4.39. The Bertz CT molecular complexity index is 739. The molecule has 22 heavy (non-hydrogen) atoms. The molecule has 0 unspecified atom stereocenters. The number of hydrogen-bond donors (Lipinski definition) is 1. The molecule has 0 saturated carbocycles. The molecule has 0 atom stereocenters. The van der Waals surface area contributed by atoms with Gasteiger partial charge in [0.2, 0.25) is 5.82 Å². The number of carbonyl (C=O) groups is 1. The van der Waals surface area contributed by atoms with Crippen LogP contribution in [0.3, 0.4) is 0 Å². The first kappa shape index (κ1) is 15.1. The van der Waals surface area contributed by atoms with E-state index in [2.05, 4.69) is 9.97 Å². The summed E-state index contributed by atoms with van der Waals surface area (Å²) in [5.41, 5.74) is 2.94. The monoisotopic (exact) mass is 291 g/mol. The van der Waals surface area contributed by atoms with Crippen molar-refractivity contribution in [3.8, 4) is 17.2 Å². The van der Waals surface area contributed by atoms with E-state index in [-0.39, 0.29) is 5.82 Å². The van der Waals surface area contributed by atoms with Crippen LogP contribution in [0.5, 0.6) is 0 Å². The van der Waals surface area contributed by atoms with Crippen molar-refractivity contribution in [3.63, 3.8) is 0 Å². The van der Waals surface area contributed by atoms with Crippen LogP contribution in [0, 0.1) is 11.3 Å². The molecule has 1 N–H and O–H groups in total. The van der Waals surface area contributed by atoms with Crippen LogP contribution in [0.15, 0.2) is 61.0 Å². The highest BCUT2D eigenvalue weighted by Gasteiger charge is 2.00. The van der Waals surface area contributed by atoms with E-state index in [0.29, 0.717) is 6.42 Å². The Morgan fingerprint density at radius 3 is 2.41 bits per heavy atom. The van der Waals surface area contributed by atoms with Crippen molar-refractivity contribution in [2.75, 3.05) is 0 Å². The van der Waals surface area contributed by atoms with Crippen LogP contribution in [0.4, 0.5) is 0 Å². The summed E-state index contributed by atoms with van der Waals surface area (Å²) in [6.45, 7) is 0. The highest BCUT2D eigenvalue weighted by molar-refractivity contribution is 5.80. The average Bonchev–Trinajstić information content (AvgIpc) is 2.55. The lowest BCUT2D eigenvalue weighted by molar-refractivity contribution is -0.131. The quantitative estimate of drug-likeness (QED) is 0.676. The predicted octanol–water partition coefficient (Wildman–Crippen LogP) is 2.75. The molecule has 0 spiro atoms. The third-order valence-electron chi connectivity index (χ3n) is 2.88. The van der Waals surface area contributed by atoms with Crippen LogP contribution in [-0.2, 0) is 11.2 Å². The first-order valence-electron chi connectivity index (χ1n) is 6.56. The maximum atomic E-state index is 10.3. The van der Waals surface area contributed by atoms with Crippen LogP contribution in [0.1, 0.15) is 11.4 Å². The molecular formula is C17H13N3O2. The minimum absolute atomic E-state index is 0.153. The minimum atomic E-state index is -0.960. The SMILES string of the molecule is N#Cc1ncc(-c2ccc(C/C=C/C=C/C(=O)O)cc2)cn1. The highest BCUT2D eigenvalue weighted by Crippen LogP contribution is 2.18. The fraction of sp³-hybridized carbons (Fsp3) is 0.0588. The molecule has 0 amide bonds. The number of aliphatic carboxylic acids is 1. The Hall–Kier alpha value is -3.26. The molecule has 0 radical (unpaired) electrons. The number of rotatable bonds is 5. The van der Waals surface area contributed by atoms with E-state index in [0.717, 1.165) is 22.8 Å². The van der Waals surface area contributed by atoms with Crippen LogP contribution in [0.2, 0.25) is 0 Å². The average molecular weight is 291 g/mol. The Balaban J connectivity index is 2.00. The molecule has 1 aromatic heterocycles. The summed E-state index contributed by atoms with van der Waals surface area (Å²) in [6.07, 6.45) is 10.1. The molecule has 2 rings (SSSR count). The summed E-state index contributed by atoms with van der Waals surface area (Å²) < 4.78 is 0. The fourth-order valence-electron chi connectivity index (χ4n) is 1.79. The van der Waals surface area contributed by atoms with Gasteiger partial charge in [0.05, 0.1) is 0 Å². The lowest BCUT2D eigenvalue weighted by Gasteiger charge is -2.02. The van der Waals surface area contributed by atoms with Gasteiger partial charge in [0, 0.05) is 24.0 Å². The Labute approximate surface area is 127 Å². The van der Waals surface area contributed by atoms with Crippen molar-refractivity contribution in [2.24, 2.45) is 0 Å². The molecule has 1 heterocycles. The van der Waals surface area contributed by atoms with E-state index in [1.807, 2.05) is 36.4 Å². The van der Waals surface area contributed by atoms with Crippen molar-refractivity contribution >= 4 is 5.97 Å². The molecule has 5 nitrogen and oxygen atoms in total. The number of nitrogens with zero attached hydrogens (tertiary/aromatic N) is 3. The molecule has 2 aromatic rings. The van der Waals surface area contributed by atoms with Crippen molar-refractivity contribution in [3.05, 3.63) is 72.4 Å². The van der Waals surface area contributed by atoms with Gasteiger partial charge in [-0.15, -0.1) is 0 Å². The van der Waals surface area contributed by atoms with Crippen LogP contribution < -0.4 is 0 Å². The van der Waals surface area contributed by atoms with Gasteiger partial charge in [0.25, 0.3) is 0 Å².